The molecule has 10 heteroatoms. The molecule has 1 aromatic carbocycles. The number of ether oxygens (including phenoxy) is 1. The number of nitrogens with two attached hydrogens (primary N) is 1. The molecule has 0 amide bonds. The van der Waals surface area contributed by atoms with E-state index in [1.165, 1.54) is 0 Å². The molecule has 0 aliphatic heterocycles. The fraction of sp³-hybridized carbons (Fsp3) is 0.222. The summed E-state index contributed by atoms with van der Waals surface area (Å²) in [6.07, 6.45) is -0.0886. The molecule has 0 unspecified atom stereocenters. The van der Waals surface area contributed by atoms with Crippen molar-refractivity contribution in [2.24, 2.45) is 5.84 Å². The molecule has 0 aromatic heterocycles. The maximum absolute atomic E-state index is 11.0. The number of carbonyl (C=O) groups excluding carboxylic acids is 1. The Morgan fingerprint density at radius 2 is 1.47 bits per heavy atom. The molecule has 0 aliphatic rings. The number of hydrogen-bond acceptors (Lipinski definition) is 5. The summed E-state index contributed by atoms with van der Waals surface area (Å²) in [6.45, 7) is -0.0613. The van der Waals surface area contributed by atoms with Crippen molar-refractivity contribution in [2.75, 3.05) is 6.61 Å². The van der Waals surface area contributed by atoms with E-state index in [-0.39, 0.29) is 43.9 Å². The Morgan fingerprint density at radius 1 is 1.00 bits per heavy atom. The Balaban J connectivity index is 2.82. The molecule has 3 N–H and O–H groups in total. The van der Waals surface area contributed by atoms with E-state index in [9.17, 15) is 4.79 Å². The van der Waals surface area contributed by atoms with E-state index in [4.69, 9.17) is 68.6 Å². The van der Waals surface area contributed by atoms with Crippen LogP contribution in [0.4, 0.5) is 0 Å². The van der Waals surface area contributed by atoms with Crippen molar-refractivity contribution in [1.82, 2.24) is 5.59 Å². The first-order valence-corrected chi connectivity index (χ1v) is 6.58. The summed E-state index contributed by atoms with van der Waals surface area (Å²) in [5.74, 6) is 4.21. The summed E-state index contributed by atoms with van der Waals surface area (Å²) in [6, 6.07) is 0. The van der Waals surface area contributed by atoms with Crippen LogP contribution in [-0.4, -0.2) is 12.6 Å². The van der Waals surface area contributed by atoms with Gasteiger partial charge in [0, 0.05) is 0 Å². The van der Waals surface area contributed by atoms with Crippen LogP contribution in [0.3, 0.4) is 0 Å². The van der Waals surface area contributed by atoms with Crippen LogP contribution in [0.15, 0.2) is 0 Å². The number of carbonyl (C=O) groups is 1. The number of benzene rings is 1. The van der Waals surface area contributed by atoms with Crippen LogP contribution in [0.2, 0.25) is 25.1 Å². The lowest BCUT2D eigenvalue weighted by Crippen LogP contribution is -2.27. The predicted molar refractivity (Wildman–Crippen MR) is 75.0 cm³/mol. The van der Waals surface area contributed by atoms with Crippen LogP contribution < -0.4 is 16.2 Å². The number of hydrogen-bond donors (Lipinski definition) is 2. The number of nitrogens with one attached hydrogen (secondary N) is 1. The van der Waals surface area contributed by atoms with E-state index >= 15 is 0 Å². The zero-order valence-electron chi connectivity index (χ0n) is 9.11. The number of rotatable bonds is 5. The molecule has 0 saturated carbocycles. The van der Waals surface area contributed by atoms with E-state index in [0.29, 0.717) is 0 Å². The first-order valence-electron chi connectivity index (χ1n) is 4.69. The van der Waals surface area contributed by atoms with E-state index in [1.807, 2.05) is 0 Å². The first kappa shape index (κ1) is 16.9. The lowest BCUT2D eigenvalue weighted by molar-refractivity contribution is -0.151. The second-order valence-corrected chi connectivity index (χ2v) is 4.98. The predicted octanol–water partition coefficient (Wildman–Crippen LogP) is 3.64. The lowest BCUT2D eigenvalue weighted by Gasteiger charge is -2.13. The normalized spacial score (nSPS) is 10.4. The quantitative estimate of drug-likeness (QED) is 0.359. The molecule has 0 radical (unpaired) electrons. The van der Waals surface area contributed by atoms with Gasteiger partial charge >= 0.3 is 5.97 Å². The highest BCUT2D eigenvalue weighted by molar-refractivity contribution is 6.55. The zero-order chi connectivity index (χ0) is 14.6. The minimum absolute atomic E-state index is 0.00591. The summed E-state index contributed by atoms with van der Waals surface area (Å²) in [5, 5.41) is 0.0630. The van der Waals surface area contributed by atoms with Gasteiger partial charge in [-0.25, -0.2) is 5.84 Å². The highest BCUT2D eigenvalue weighted by Gasteiger charge is 2.20. The van der Waals surface area contributed by atoms with Crippen molar-refractivity contribution in [2.45, 2.75) is 6.42 Å². The Bertz CT molecular complexity index is 468. The third kappa shape index (κ3) is 4.16. The molecule has 0 atom stereocenters. The van der Waals surface area contributed by atoms with Crippen LogP contribution in [-0.2, 0) is 9.63 Å². The highest BCUT2D eigenvalue weighted by atomic mass is 35.5. The van der Waals surface area contributed by atoms with Gasteiger partial charge < -0.3 is 9.57 Å². The Morgan fingerprint density at radius 3 is 1.95 bits per heavy atom. The van der Waals surface area contributed by atoms with Crippen molar-refractivity contribution in [3.8, 4) is 5.75 Å². The zero-order valence-corrected chi connectivity index (χ0v) is 12.9. The van der Waals surface area contributed by atoms with Gasteiger partial charge in [-0.1, -0.05) is 63.6 Å². The second kappa shape index (κ2) is 7.59. The van der Waals surface area contributed by atoms with Gasteiger partial charge in [-0.05, 0) is 0 Å². The molecule has 0 aliphatic carbocycles. The summed E-state index contributed by atoms with van der Waals surface area (Å²) in [7, 11) is 0. The molecule has 19 heavy (non-hydrogen) atoms. The molecule has 106 valence electrons. The van der Waals surface area contributed by atoms with Crippen LogP contribution in [0.1, 0.15) is 6.42 Å². The molecule has 0 saturated heterocycles. The lowest BCUT2D eigenvalue weighted by atomic mass is 10.3. The molecule has 0 bridgehead atoms. The number of halogens is 5. The maximum Gasteiger partial charge on any atom is 0.329 e. The van der Waals surface area contributed by atoms with Gasteiger partial charge in [-0.2, -0.15) is 0 Å². The van der Waals surface area contributed by atoms with Crippen molar-refractivity contribution in [3.05, 3.63) is 25.1 Å². The van der Waals surface area contributed by atoms with Gasteiger partial charge in [0.05, 0.1) is 28.1 Å². The fourth-order valence-electron chi connectivity index (χ4n) is 1.06. The average molecular weight is 368 g/mol. The van der Waals surface area contributed by atoms with Gasteiger partial charge in [0.15, 0.2) is 5.75 Å². The molecule has 0 spiro atoms. The monoisotopic (exact) mass is 366 g/mol. The number of hydrazine groups is 1. The van der Waals surface area contributed by atoms with Gasteiger partial charge in [0.25, 0.3) is 0 Å². The third-order valence-corrected chi connectivity index (χ3v) is 4.14. The minimum atomic E-state index is -0.624. The first-order chi connectivity index (χ1) is 8.90. The Hall–Kier alpha value is -0.140. The van der Waals surface area contributed by atoms with Crippen LogP contribution in [0.5, 0.6) is 5.75 Å². The van der Waals surface area contributed by atoms with E-state index in [0.717, 1.165) is 0 Å². The topological polar surface area (TPSA) is 73.6 Å². The van der Waals surface area contributed by atoms with Crippen molar-refractivity contribution < 1.29 is 14.4 Å². The van der Waals surface area contributed by atoms with E-state index < -0.39 is 5.97 Å². The van der Waals surface area contributed by atoms with Crippen molar-refractivity contribution in [1.29, 1.82) is 0 Å². The van der Waals surface area contributed by atoms with Crippen LogP contribution in [0.25, 0.3) is 0 Å². The Kier molecular flexibility index (Phi) is 6.76. The second-order valence-electron chi connectivity index (χ2n) is 3.09. The van der Waals surface area contributed by atoms with E-state index in [1.54, 1.807) is 5.59 Å². The molecular weight excluding hydrogens is 361 g/mol. The SMILES string of the molecule is NNOC(=O)CCOc1c(Cl)c(Cl)c(Cl)c(Cl)c1Cl. The Labute approximate surface area is 133 Å². The molecule has 0 fully saturated rings. The van der Waals surface area contributed by atoms with Gasteiger partial charge in [-0.3, -0.25) is 4.79 Å². The molecular formula is C9H7Cl5N2O3. The summed E-state index contributed by atoms with van der Waals surface area (Å²) in [5.41, 5.74) is 1.75. The maximum atomic E-state index is 11.0. The molecule has 5 nitrogen and oxygen atoms in total. The standard InChI is InChI=1S/C9H7Cl5N2O3/c10-4-5(11)7(13)9(8(14)6(4)12)18-2-1-3(17)19-16-15/h16H,1-2,15H2. The molecule has 1 rings (SSSR count). The summed E-state index contributed by atoms with van der Waals surface area (Å²) in [4.78, 5) is 15.3. The third-order valence-electron chi connectivity index (χ3n) is 1.89. The summed E-state index contributed by atoms with van der Waals surface area (Å²) < 4.78 is 5.24. The van der Waals surface area contributed by atoms with Gasteiger partial charge in [-0.15, -0.1) is 0 Å². The minimum Gasteiger partial charge on any atom is -0.490 e. The smallest absolute Gasteiger partial charge is 0.329 e. The largest absolute Gasteiger partial charge is 0.490 e. The highest BCUT2D eigenvalue weighted by Crippen LogP contribution is 2.48. The van der Waals surface area contributed by atoms with E-state index in [2.05, 4.69) is 4.84 Å². The average Bonchev–Trinajstić information content (AvgIpc) is 2.38. The molecule has 1 aromatic rings. The van der Waals surface area contributed by atoms with Crippen LogP contribution in [0, 0.1) is 0 Å². The summed E-state index contributed by atoms with van der Waals surface area (Å²) >= 11 is 29.3. The van der Waals surface area contributed by atoms with Crippen LogP contribution >= 0.6 is 58.0 Å². The van der Waals surface area contributed by atoms with Crippen molar-refractivity contribution in [3.63, 3.8) is 0 Å². The fourth-order valence-corrected chi connectivity index (χ4v) is 2.29. The van der Waals surface area contributed by atoms with Gasteiger partial charge in [0.1, 0.15) is 10.0 Å². The van der Waals surface area contributed by atoms with Crippen molar-refractivity contribution >= 4 is 64.0 Å². The molecule has 0 heterocycles. The van der Waals surface area contributed by atoms with Gasteiger partial charge in [0.2, 0.25) is 0 Å².